The van der Waals surface area contributed by atoms with Crippen LogP contribution in [0.1, 0.15) is 206 Å². The van der Waals surface area contributed by atoms with Gasteiger partial charge in [-0.25, -0.2) is 0 Å². The van der Waals surface area contributed by atoms with E-state index in [9.17, 15) is 4.79 Å². The minimum atomic E-state index is 0.0102. The summed E-state index contributed by atoms with van der Waals surface area (Å²) in [7, 11) is 0. The second-order valence-electron chi connectivity index (χ2n) is 12.3. The smallest absolute Gasteiger partial charge is 0.305 e. The molecule has 0 spiro atoms. The Morgan fingerprint density at radius 1 is 0.475 bits per heavy atom. The highest BCUT2D eigenvalue weighted by Crippen LogP contribution is 2.15. The lowest BCUT2D eigenvalue weighted by atomic mass is 10.0. The van der Waals surface area contributed by atoms with Crippen LogP contribution in [0.4, 0.5) is 0 Å². The van der Waals surface area contributed by atoms with Crippen molar-refractivity contribution in [3.05, 3.63) is 12.2 Å². The number of carbonyl (C=O) groups excluding carboxylic acids is 1. The molecular weight excluding hydrogens is 492 g/mol. The molecule has 1 N–H and O–H groups in total. The van der Waals surface area contributed by atoms with Crippen molar-refractivity contribution in [2.75, 3.05) is 13.2 Å². The molecule has 0 radical (unpaired) electrons. The van der Waals surface area contributed by atoms with Gasteiger partial charge in [-0.15, -0.1) is 0 Å². The molecule has 238 valence electrons. The molecule has 0 aliphatic heterocycles. The first-order valence-electron chi connectivity index (χ1n) is 18.2. The van der Waals surface area contributed by atoms with Crippen molar-refractivity contribution in [3.63, 3.8) is 0 Å². The fraction of sp³-hybridized carbons (Fsp3) is 0.919. The van der Waals surface area contributed by atoms with E-state index in [1.807, 2.05) is 0 Å². The van der Waals surface area contributed by atoms with Crippen LogP contribution in [-0.4, -0.2) is 24.3 Å². The number of allylic oxidation sites excluding steroid dienone is 2. The summed E-state index contributed by atoms with van der Waals surface area (Å²) in [6.45, 7) is 3.22. The highest BCUT2D eigenvalue weighted by molar-refractivity contribution is 5.69. The number of aliphatic hydroxyl groups is 1. The quantitative estimate of drug-likeness (QED) is 0.0480. The van der Waals surface area contributed by atoms with E-state index in [2.05, 4.69) is 19.1 Å². The van der Waals surface area contributed by atoms with Crippen LogP contribution in [0, 0.1) is 0 Å². The van der Waals surface area contributed by atoms with E-state index in [0.717, 1.165) is 25.7 Å². The van der Waals surface area contributed by atoms with Crippen LogP contribution in [0.2, 0.25) is 0 Å². The summed E-state index contributed by atoms with van der Waals surface area (Å²) in [5.41, 5.74) is 0. The number of aliphatic hydroxyl groups excluding tert-OH is 1. The highest BCUT2D eigenvalue weighted by Gasteiger charge is 2.02. The number of esters is 1. The van der Waals surface area contributed by atoms with Crippen LogP contribution in [0.25, 0.3) is 0 Å². The van der Waals surface area contributed by atoms with E-state index in [1.54, 1.807) is 0 Å². The zero-order chi connectivity index (χ0) is 29.0. The third kappa shape index (κ3) is 35.2. The summed E-state index contributed by atoms with van der Waals surface area (Å²) >= 11 is 0. The third-order valence-electron chi connectivity index (χ3n) is 8.21. The Hall–Kier alpha value is -0.830. The molecule has 3 heteroatoms. The second kappa shape index (κ2) is 36.2. The Labute approximate surface area is 251 Å². The van der Waals surface area contributed by atoms with Gasteiger partial charge in [0.15, 0.2) is 0 Å². The van der Waals surface area contributed by atoms with E-state index in [4.69, 9.17) is 9.84 Å². The predicted octanol–water partition coefficient (Wildman–Crippen LogP) is 12.2. The molecule has 0 fully saturated rings. The van der Waals surface area contributed by atoms with E-state index in [1.165, 1.54) is 167 Å². The zero-order valence-electron chi connectivity index (χ0n) is 27.3. The molecule has 0 rings (SSSR count). The van der Waals surface area contributed by atoms with Gasteiger partial charge >= 0.3 is 5.97 Å². The minimum absolute atomic E-state index is 0.0102. The number of ether oxygens (including phenoxy) is 1. The second-order valence-corrected chi connectivity index (χ2v) is 12.3. The van der Waals surface area contributed by atoms with Gasteiger partial charge in [0.2, 0.25) is 0 Å². The van der Waals surface area contributed by atoms with E-state index >= 15 is 0 Å². The van der Waals surface area contributed by atoms with Crippen molar-refractivity contribution >= 4 is 5.97 Å². The Balaban J connectivity index is 3.14. The number of rotatable bonds is 34. The van der Waals surface area contributed by atoms with Crippen LogP contribution >= 0.6 is 0 Å². The van der Waals surface area contributed by atoms with E-state index in [-0.39, 0.29) is 5.97 Å². The molecule has 0 saturated heterocycles. The molecule has 0 aromatic carbocycles. The first kappa shape index (κ1) is 39.2. The van der Waals surface area contributed by atoms with Crippen molar-refractivity contribution in [3.8, 4) is 0 Å². The standard InChI is InChI=1S/C37H72O3/c1-2-3-4-5-6-7-19-22-25-28-31-34-37(39)40-36-33-30-27-24-21-18-16-14-12-10-8-9-11-13-15-17-20-23-26-29-32-35-38/h5-6,38H,2-4,7-36H2,1H3. The monoisotopic (exact) mass is 565 g/mol. The fourth-order valence-electron chi connectivity index (χ4n) is 5.45. The fourth-order valence-corrected chi connectivity index (χ4v) is 5.45. The summed E-state index contributed by atoms with van der Waals surface area (Å²) in [6, 6.07) is 0. The molecule has 0 amide bonds. The van der Waals surface area contributed by atoms with Crippen LogP contribution in [0.5, 0.6) is 0 Å². The van der Waals surface area contributed by atoms with Crippen molar-refractivity contribution < 1.29 is 14.6 Å². The SMILES string of the molecule is CCCCC=CCCCCCCCC(=O)OCCCCCCCCCCCCCCCCCCCCCCCO. The average molecular weight is 565 g/mol. The van der Waals surface area contributed by atoms with Gasteiger partial charge in [-0.2, -0.15) is 0 Å². The van der Waals surface area contributed by atoms with Gasteiger partial charge in [-0.1, -0.05) is 173 Å². The van der Waals surface area contributed by atoms with Gasteiger partial charge in [0.25, 0.3) is 0 Å². The number of carbonyl (C=O) groups is 1. The molecule has 0 aliphatic rings. The summed E-state index contributed by atoms with van der Waals surface area (Å²) in [4.78, 5) is 11.9. The van der Waals surface area contributed by atoms with Crippen molar-refractivity contribution in [1.29, 1.82) is 0 Å². The normalized spacial score (nSPS) is 11.6. The van der Waals surface area contributed by atoms with Gasteiger partial charge in [0, 0.05) is 13.0 Å². The number of hydrogen-bond donors (Lipinski definition) is 1. The van der Waals surface area contributed by atoms with Crippen molar-refractivity contribution in [2.24, 2.45) is 0 Å². The Morgan fingerprint density at radius 3 is 1.25 bits per heavy atom. The average Bonchev–Trinajstić information content (AvgIpc) is 2.96. The maximum Gasteiger partial charge on any atom is 0.305 e. The Bertz CT molecular complexity index is 502. The van der Waals surface area contributed by atoms with Gasteiger partial charge in [-0.3, -0.25) is 4.79 Å². The summed E-state index contributed by atoms with van der Waals surface area (Å²) in [5, 5.41) is 8.78. The summed E-state index contributed by atoms with van der Waals surface area (Å²) in [6.07, 6.45) is 44.3. The molecule has 0 heterocycles. The van der Waals surface area contributed by atoms with Crippen molar-refractivity contribution in [2.45, 2.75) is 206 Å². The summed E-state index contributed by atoms with van der Waals surface area (Å²) in [5.74, 6) is 0.0102. The van der Waals surface area contributed by atoms with Crippen LogP contribution in [0.15, 0.2) is 12.2 Å². The molecule has 0 atom stereocenters. The largest absolute Gasteiger partial charge is 0.466 e. The van der Waals surface area contributed by atoms with Crippen molar-refractivity contribution in [1.82, 2.24) is 0 Å². The first-order valence-corrected chi connectivity index (χ1v) is 18.2. The van der Waals surface area contributed by atoms with E-state index < -0.39 is 0 Å². The van der Waals surface area contributed by atoms with Crippen LogP contribution < -0.4 is 0 Å². The zero-order valence-corrected chi connectivity index (χ0v) is 27.3. The van der Waals surface area contributed by atoms with Gasteiger partial charge < -0.3 is 9.84 Å². The Kier molecular flexibility index (Phi) is 35.4. The molecule has 0 aliphatic carbocycles. The summed E-state index contributed by atoms with van der Waals surface area (Å²) < 4.78 is 5.42. The lowest BCUT2D eigenvalue weighted by Gasteiger charge is -2.06. The van der Waals surface area contributed by atoms with Crippen LogP contribution in [0.3, 0.4) is 0 Å². The first-order chi connectivity index (χ1) is 19.8. The van der Waals surface area contributed by atoms with E-state index in [0.29, 0.717) is 19.6 Å². The lowest BCUT2D eigenvalue weighted by molar-refractivity contribution is -0.143. The molecule has 0 saturated carbocycles. The third-order valence-corrected chi connectivity index (χ3v) is 8.21. The molecule has 0 aromatic heterocycles. The molecular formula is C37H72O3. The molecule has 0 unspecified atom stereocenters. The maximum atomic E-state index is 11.9. The number of unbranched alkanes of at least 4 members (excludes halogenated alkanes) is 27. The maximum absolute atomic E-state index is 11.9. The van der Waals surface area contributed by atoms with Gasteiger partial charge in [0.05, 0.1) is 6.61 Å². The number of hydrogen-bond acceptors (Lipinski definition) is 3. The van der Waals surface area contributed by atoms with Gasteiger partial charge in [-0.05, 0) is 38.5 Å². The molecule has 3 nitrogen and oxygen atoms in total. The lowest BCUT2D eigenvalue weighted by Crippen LogP contribution is -2.05. The Morgan fingerprint density at radius 2 is 0.825 bits per heavy atom. The molecule has 0 bridgehead atoms. The highest BCUT2D eigenvalue weighted by atomic mass is 16.5. The van der Waals surface area contributed by atoms with Crippen LogP contribution in [-0.2, 0) is 9.53 Å². The molecule has 0 aromatic rings. The predicted molar refractivity (Wildman–Crippen MR) is 176 cm³/mol. The minimum Gasteiger partial charge on any atom is -0.466 e. The molecule has 40 heavy (non-hydrogen) atoms. The topological polar surface area (TPSA) is 46.5 Å². The van der Waals surface area contributed by atoms with Gasteiger partial charge in [0.1, 0.15) is 0 Å².